The quantitative estimate of drug-likeness (QED) is 0.760. The number of amides is 1. The van der Waals surface area contributed by atoms with Gasteiger partial charge in [0, 0.05) is 44.9 Å². The number of halogens is 1. The first-order valence-corrected chi connectivity index (χ1v) is 8.97. The molecule has 1 aromatic rings. The summed E-state index contributed by atoms with van der Waals surface area (Å²) in [7, 11) is 0. The molecule has 1 saturated heterocycles. The minimum absolute atomic E-state index is 0.167. The molecule has 2 aliphatic rings. The summed E-state index contributed by atoms with van der Waals surface area (Å²) in [6, 6.07) is 2.05. The van der Waals surface area contributed by atoms with Gasteiger partial charge in [-0.25, -0.2) is 4.98 Å². The van der Waals surface area contributed by atoms with Crippen LogP contribution in [0.25, 0.3) is 0 Å². The fraction of sp³-hybridized carbons (Fsp3) is 0.647. The van der Waals surface area contributed by atoms with E-state index in [9.17, 15) is 4.79 Å². The molecule has 7 heteroatoms. The van der Waals surface area contributed by atoms with Crippen LogP contribution in [0.4, 0.5) is 5.82 Å². The number of pyridine rings is 1. The zero-order chi connectivity index (χ0) is 16.9. The van der Waals surface area contributed by atoms with Crippen LogP contribution < -0.4 is 9.64 Å². The molecule has 6 nitrogen and oxygen atoms in total. The zero-order valence-corrected chi connectivity index (χ0v) is 14.8. The normalized spacial score (nSPS) is 20.0. The third-order valence-electron chi connectivity index (χ3n) is 4.42. The lowest BCUT2D eigenvalue weighted by Gasteiger charge is -2.41. The molecule has 2 aliphatic heterocycles. The summed E-state index contributed by atoms with van der Waals surface area (Å²) >= 11 is 6.01. The standard InChI is InChI=1S/C17H24ClN3O3/c1-2-7-23-8-4-16(22)20-5-6-21-14(12-20)3-9-24-15-10-13(18)11-19-17(15)21/h10-11,14H,2-9,12H2,1H3. The van der Waals surface area contributed by atoms with Crippen LogP contribution in [0.2, 0.25) is 5.02 Å². The van der Waals surface area contributed by atoms with Crippen molar-refractivity contribution in [3.63, 3.8) is 0 Å². The van der Waals surface area contributed by atoms with E-state index in [2.05, 4.69) is 16.8 Å². The second-order valence-corrected chi connectivity index (χ2v) is 6.60. The number of hydrogen-bond acceptors (Lipinski definition) is 5. The van der Waals surface area contributed by atoms with Gasteiger partial charge in [-0.1, -0.05) is 18.5 Å². The second kappa shape index (κ2) is 8.03. The molecule has 0 N–H and O–H groups in total. The van der Waals surface area contributed by atoms with Gasteiger partial charge in [0.15, 0.2) is 11.6 Å². The first kappa shape index (κ1) is 17.3. The van der Waals surface area contributed by atoms with E-state index in [1.165, 1.54) is 0 Å². The van der Waals surface area contributed by atoms with Gasteiger partial charge in [-0.3, -0.25) is 4.79 Å². The predicted octanol–water partition coefficient (Wildman–Crippen LogP) is 2.35. The van der Waals surface area contributed by atoms with Crippen LogP contribution in [-0.2, 0) is 9.53 Å². The van der Waals surface area contributed by atoms with Gasteiger partial charge in [0.05, 0.1) is 30.7 Å². The smallest absolute Gasteiger partial charge is 0.225 e. The summed E-state index contributed by atoms with van der Waals surface area (Å²) in [5.74, 6) is 1.73. The van der Waals surface area contributed by atoms with Crippen LogP contribution in [0, 0.1) is 0 Å². The maximum Gasteiger partial charge on any atom is 0.225 e. The third-order valence-corrected chi connectivity index (χ3v) is 4.63. The van der Waals surface area contributed by atoms with Crippen molar-refractivity contribution < 1.29 is 14.3 Å². The molecule has 1 amide bonds. The van der Waals surface area contributed by atoms with Crippen molar-refractivity contribution in [1.29, 1.82) is 0 Å². The van der Waals surface area contributed by atoms with Gasteiger partial charge < -0.3 is 19.3 Å². The van der Waals surface area contributed by atoms with Crippen molar-refractivity contribution in [2.24, 2.45) is 0 Å². The number of rotatable bonds is 5. The Bertz CT molecular complexity index is 584. The maximum atomic E-state index is 12.4. The van der Waals surface area contributed by atoms with E-state index < -0.39 is 0 Å². The van der Waals surface area contributed by atoms with Gasteiger partial charge >= 0.3 is 0 Å². The lowest BCUT2D eigenvalue weighted by molar-refractivity contribution is -0.133. The Morgan fingerprint density at radius 1 is 1.46 bits per heavy atom. The highest BCUT2D eigenvalue weighted by Gasteiger charge is 2.33. The average Bonchev–Trinajstić information content (AvgIpc) is 2.76. The Balaban J connectivity index is 1.62. The van der Waals surface area contributed by atoms with E-state index >= 15 is 0 Å². The minimum Gasteiger partial charge on any atom is -0.490 e. The second-order valence-electron chi connectivity index (χ2n) is 6.16. The first-order valence-electron chi connectivity index (χ1n) is 8.59. The van der Waals surface area contributed by atoms with Gasteiger partial charge in [0.2, 0.25) is 5.91 Å². The number of nitrogens with zero attached hydrogens (tertiary/aromatic N) is 3. The molecule has 1 aromatic heterocycles. The SMILES string of the molecule is CCCOCCC(=O)N1CCN2c3ncc(Cl)cc3OCCC2C1. The highest BCUT2D eigenvalue weighted by molar-refractivity contribution is 6.30. The summed E-state index contributed by atoms with van der Waals surface area (Å²) in [6.07, 6.45) is 3.94. The van der Waals surface area contributed by atoms with Gasteiger partial charge in [-0.15, -0.1) is 0 Å². The monoisotopic (exact) mass is 353 g/mol. The molecule has 0 aromatic carbocycles. The molecule has 0 radical (unpaired) electrons. The van der Waals surface area contributed by atoms with Gasteiger partial charge in [0.1, 0.15) is 0 Å². The number of aromatic nitrogens is 1. The molecule has 3 rings (SSSR count). The summed E-state index contributed by atoms with van der Waals surface area (Å²) in [6.45, 7) is 6.06. The van der Waals surface area contributed by atoms with E-state index in [0.29, 0.717) is 44.4 Å². The molecule has 1 unspecified atom stereocenters. The van der Waals surface area contributed by atoms with Crippen molar-refractivity contribution in [3.05, 3.63) is 17.3 Å². The summed E-state index contributed by atoms with van der Waals surface area (Å²) in [5, 5.41) is 0.577. The average molecular weight is 354 g/mol. The fourth-order valence-corrected chi connectivity index (χ4v) is 3.36. The number of ether oxygens (including phenoxy) is 2. The predicted molar refractivity (Wildman–Crippen MR) is 92.8 cm³/mol. The number of hydrogen-bond donors (Lipinski definition) is 0. The molecule has 0 bridgehead atoms. The number of anilines is 1. The molecule has 1 fully saturated rings. The Morgan fingerprint density at radius 2 is 2.33 bits per heavy atom. The molecule has 0 aliphatic carbocycles. The van der Waals surface area contributed by atoms with Crippen molar-refractivity contribution in [1.82, 2.24) is 9.88 Å². The van der Waals surface area contributed by atoms with Crippen molar-refractivity contribution in [3.8, 4) is 5.75 Å². The number of piperazine rings is 1. The minimum atomic E-state index is 0.167. The Morgan fingerprint density at radius 3 is 3.17 bits per heavy atom. The van der Waals surface area contributed by atoms with E-state index in [1.54, 1.807) is 6.20 Å². The van der Waals surface area contributed by atoms with Crippen molar-refractivity contribution in [2.45, 2.75) is 32.2 Å². The summed E-state index contributed by atoms with van der Waals surface area (Å²) in [4.78, 5) is 21.0. The Hall–Kier alpha value is -1.53. The van der Waals surface area contributed by atoms with E-state index in [4.69, 9.17) is 21.1 Å². The van der Waals surface area contributed by atoms with Crippen LogP contribution >= 0.6 is 11.6 Å². The summed E-state index contributed by atoms with van der Waals surface area (Å²) in [5.41, 5.74) is 0. The van der Waals surface area contributed by atoms with E-state index in [1.807, 2.05) is 11.0 Å². The highest BCUT2D eigenvalue weighted by atomic mass is 35.5. The zero-order valence-electron chi connectivity index (χ0n) is 14.0. The fourth-order valence-electron chi connectivity index (χ4n) is 3.21. The Labute approximate surface area is 147 Å². The topological polar surface area (TPSA) is 54.9 Å². The lowest BCUT2D eigenvalue weighted by Crippen LogP contribution is -2.55. The van der Waals surface area contributed by atoms with Crippen LogP contribution in [-0.4, -0.2) is 61.3 Å². The van der Waals surface area contributed by atoms with Crippen LogP contribution in [0.5, 0.6) is 5.75 Å². The Kier molecular flexibility index (Phi) is 5.79. The molecule has 132 valence electrons. The number of fused-ring (bicyclic) bond motifs is 3. The van der Waals surface area contributed by atoms with Crippen LogP contribution in [0.3, 0.4) is 0 Å². The van der Waals surface area contributed by atoms with E-state index in [-0.39, 0.29) is 11.9 Å². The molecule has 1 atom stereocenters. The van der Waals surface area contributed by atoms with Crippen molar-refractivity contribution in [2.75, 3.05) is 44.4 Å². The molecule has 3 heterocycles. The van der Waals surface area contributed by atoms with Crippen molar-refractivity contribution >= 4 is 23.3 Å². The van der Waals surface area contributed by atoms with E-state index in [0.717, 1.165) is 31.0 Å². The lowest BCUT2D eigenvalue weighted by atomic mass is 10.1. The molecule has 24 heavy (non-hydrogen) atoms. The molecule has 0 saturated carbocycles. The highest BCUT2D eigenvalue weighted by Crippen LogP contribution is 2.34. The van der Waals surface area contributed by atoms with Gasteiger partial charge in [-0.2, -0.15) is 0 Å². The molecular weight excluding hydrogens is 330 g/mol. The van der Waals surface area contributed by atoms with Crippen LogP contribution in [0.1, 0.15) is 26.2 Å². The number of carbonyl (C=O) groups excluding carboxylic acids is 1. The van der Waals surface area contributed by atoms with Gasteiger partial charge in [-0.05, 0) is 6.42 Å². The first-order chi connectivity index (χ1) is 11.7. The number of carbonyl (C=O) groups is 1. The third kappa shape index (κ3) is 3.92. The maximum absolute atomic E-state index is 12.4. The molecular formula is C17H24ClN3O3. The van der Waals surface area contributed by atoms with Gasteiger partial charge in [0.25, 0.3) is 0 Å². The molecule has 0 spiro atoms. The largest absolute Gasteiger partial charge is 0.490 e. The van der Waals surface area contributed by atoms with Crippen LogP contribution in [0.15, 0.2) is 12.3 Å². The summed E-state index contributed by atoms with van der Waals surface area (Å²) < 4.78 is 11.2.